The number of hydrogen-bond acceptors (Lipinski definition) is 7. The predicted molar refractivity (Wildman–Crippen MR) is 177 cm³/mol. The van der Waals surface area contributed by atoms with Gasteiger partial charge in [0, 0.05) is 30.1 Å². The molecule has 0 fully saturated rings. The summed E-state index contributed by atoms with van der Waals surface area (Å²) in [4.78, 5) is 29.7. The highest BCUT2D eigenvalue weighted by molar-refractivity contribution is 14.1. The molecule has 0 radical (unpaired) electrons. The second kappa shape index (κ2) is 13.3. The lowest BCUT2D eigenvalue weighted by Gasteiger charge is -2.14. The average molecular weight is 754 g/mol. The maximum atomic E-state index is 13.4. The first-order valence-corrected chi connectivity index (χ1v) is 14.7. The van der Waals surface area contributed by atoms with E-state index in [4.69, 9.17) is 18.9 Å². The number of H-pyrrole nitrogens is 1. The van der Waals surface area contributed by atoms with E-state index in [0.717, 1.165) is 30.1 Å². The van der Waals surface area contributed by atoms with Gasteiger partial charge in [-0.3, -0.25) is 4.79 Å². The largest absolute Gasteiger partial charge is 0.493 e. The molecule has 218 valence electrons. The van der Waals surface area contributed by atoms with Gasteiger partial charge in [0.05, 0.1) is 33.1 Å². The lowest BCUT2D eigenvalue weighted by atomic mass is 10.0. The van der Waals surface area contributed by atoms with Crippen molar-refractivity contribution in [2.24, 2.45) is 5.10 Å². The fourth-order valence-corrected chi connectivity index (χ4v) is 5.40. The van der Waals surface area contributed by atoms with Crippen LogP contribution in [0.25, 0.3) is 22.0 Å². The van der Waals surface area contributed by atoms with E-state index >= 15 is 0 Å². The summed E-state index contributed by atoms with van der Waals surface area (Å²) in [6, 6.07) is 23.7. The summed E-state index contributed by atoms with van der Waals surface area (Å²) >= 11 is 5.69. The molecule has 4 aromatic carbocycles. The zero-order valence-electron chi connectivity index (χ0n) is 23.2. The number of carbonyl (C=O) groups excluding carboxylic acids is 2. The third kappa shape index (κ3) is 6.52. The number of amides is 1. The molecule has 0 atom stereocenters. The van der Waals surface area contributed by atoms with E-state index in [2.05, 4.69) is 54.0 Å². The molecular formula is C32H25BrIN3O6. The van der Waals surface area contributed by atoms with Crippen molar-refractivity contribution in [2.45, 2.75) is 0 Å². The van der Waals surface area contributed by atoms with Crippen molar-refractivity contribution >= 4 is 67.5 Å². The Bertz CT molecular complexity index is 1830. The molecule has 1 heterocycles. The van der Waals surface area contributed by atoms with Crippen LogP contribution in [-0.4, -0.2) is 44.4 Å². The summed E-state index contributed by atoms with van der Waals surface area (Å²) in [6.07, 6.45) is 1.41. The fourth-order valence-electron chi connectivity index (χ4n) is 4.53. The van der Waals surface area contributed by atoms with Gasteiger partial charge in [0.25, 0.3) is 5.91 Å². The molecule has 2 N–H and O–H groups in total. The molecule has 0 saturated heterocycles. The first-order chi connectivity index (χ1) is 20.8. The molecule has 0 spiro atoms. The lowest BCUT2D eigenvalue weighted by molar-refractivity contribution is 0.0733. The van der Waals surface area contributed by atoms with Crippen LogP contribution in [0.2, 0.25) is 0 Å². The van der Waals surface area contributed by atoms with Crippen molar-refractivity contribution in [1.82, 2.24) is 10.4 Å². The number of ether oxygens (including phenoxy) is 4. The molecule has 5 aromatic rings. The Morgan fingerprint density at radius 1 is 0.884 bits per heavy atom. The summed E-state index contributed by atoms with van der Waals surface area (Å²) < 4.78 is 23.5. The lowest BCUT2D eigenvalue weighted by Crippen LogP contribution is -2.19. The molecule has 1 amide bonds. The molecule has 0 aliphatic carbocycles. The zero-order chi connectivity index (χ0) is 30.5. The maximum absolute atomic E-state index is 13.4. The Hall–Kier alpha value is -4.36. The normalized spacial score (nSPS) is 11.0. The Balaban J connectivity index is 1.41. The molecule has 43 heavy (non-hydrogen) atoms. The van der Waals surface area contributed by atoms with Gasteiger partial charge < -0.3 is 23.9 Å². The summed E-state index contributed by atoms with van der Waals surface area (Å²) in [7, 11) is 4.40. The predicted octanol–water partition coefficient (Wildman–Crippen LogP) is 7.21. The SMILES string of the molecule is COc1cc(C(=O)Oc2ccc(Br)cc2C=NNC(=O)c2[nH]c3ccc(I)cc3c2-c2ccccc2)cc(OC)c1OC. The Morgan fingerprint density at radius 3 is 2.28 bits per heavy atom. The van der Waals surface area contributed by atoms with E-state index in [9.17, 15) is 9.59 Å². The summed E-state index contributed by atoms with van der Waals surface area (Å²) in [5.41, 5.74) is 6.14. The minimum Gasteiger partial charge on any atom is -0.493 e. The molecule has 1 aromatic heterocycles. The molecule has 0 aliphatic rings. The van der Waals surface area contributed by atoms with Gasteiger partial charge in [-0.25, -0.2) is 10.2 Å². The number of halogens is 2. The number of aromatic amines is 1. The smallest absolute Gasteiger partial charge is 0.343 e. The number of carbonyl (C=O) groups is 2. The van der Waals surface area contributed by atoms with Crippen LogP contribution < -0.4 is 24.4 Å². The van der Waals surface area contributed by atoms with Gasteiger partial charge in [-0.1, -0.05) is 46.3 Å². The van der Waals surface area contributed by atoms with Crippen LogP contribution in [0.4, 0.5) is 0 Å². The van der Waals surface area contributed by atoms with Gasteiger partial charge >= 0.3 is 5.97 Å². The van der Waals surface area contributed by atoms with E-state index in [1.807, 2.05) is 48.5 Å². The number of aromatic nitrogens is 1. The highest BCUT2D eigenvalue weighted by Gasteiger charge is 2.21. The van der Waals surface area contributed by atoms with Gasteiger partial charge in [-0.15, -0.1) is 0 Å². The summed E-state index contributed by atoms with van der Waals surface area (Å²) in [6.45, 7) is 0. The van der Waals surface area contributed by atoms with Gasteiger partial charge in [0.2, 0.25) is 5.75 Å². The van der Waals surface area contributed by atoms with Crippen LogP contribution in [-0.2, 0) is 0 Å². The number of methoxy groups -OCH3 is 3. The molecule has 5 rings (SSSR count). The molecule has 0 aliphatic heterocycles. The van der Waals surface area contributed by atoms with E-state index in [0.29, 0.717) is 28.5 Å². The number of hydrogen-bond donors (Lipinski definition) is 2. The van der Waals surface area contributed by atoms with E-state index in [1.54, 1.807) is 18.2 Å². The van der Waals surface area contributed by atoms with Crippen molar-refractivity contribution in [1.29, 1.82) is 0 Å². The molecular weight excluding hydrogens is 729 g/mol. The summed E-state index contributed by atoms with van der Waals surface area (Å²) in [5, 5.41) is 5.12. The van der Waals surface area contributed by atoms with Crippen molar-refractivity contribution < 1.29 is 28.5 Å². The van der Waals surface area contributed by atoms with Crippen LogP contribution in [0.3, 0.4) is 0 Å². The number of esters is 1. The number of fused-ring (bicyclic) bond motifs is 1. The quantitative estimate of drug-likeness (QED) is 0.0542. The number of hydrazone groups is 1. The zero-order valence-corrected chi connectivity index (χ0v) is 27.0. The second-order valence-corrected chi connectivity index (χ2v) is 11.3. The van der Waals surface area contributed by atoms with Crippen molar-refractivity contribution in [3.8, 4) is 34.1 Å². The van der Waals surface area contributed by atoms with Crippen LogP contribution in [0.15, 0.2) is 88.4 Å². The van der Waals surface area contributed by atoms with Gasteiger partial charge in [0.15, 0.2) is 11.5 Å². The van der Waals surface area contributed by atoms with Crippen LogP contribution in [0.5, 0.6) is 23.0 Å². The van der Waals surface area contributed by atoms with Gasteiger partial charge in [0.1, 0.15) is 11.4 Å². The van der Waals surface area contributed by atoms with Crippen LogP contribution in [0, 0.1) is 3.57 Å². The van der Waals surface area contributed by atoms with Crippen LogP contribution >= 0.6 is 38.5 Å². The van der Waals surface area contributed by atoms with E-state index in [-0.39, 0.29) is 11.3 Å². The minimum absolute atomic E-state index is 0.190. The van der Waals surface area contributed by atoms with Crippen LogP contribution in [0.1, 0.15) is 26.4 Å². The average Bonchev–Trinajstić information content (AvgIpc) is 3.40. The highest BCUT2D eigenvalue weighted by Crippen LogP contribution is 2.38. The standard InChI is InChI=1S/C32H25BrIN3O6/c1-40-26-14-19(15-27(41-2)30(26)42-3)32(39)43-25-12-9-21(33)13-20(25)17-35-37-31(38)29-28(18-7-5-4-6-8-18)23-16-22(34)10-11-24(23)36-29/h4-17,36H,1-3H3,(H,37,38). The molecule has 0 unspecified atom stereocenters. The maximum Gasteiger partial charge on any atom is 0.343 e. The number of nitrogens with one attached hydrogen (secondary N) is 2. The fraction of sp³-hybridized carbons (Fsp3) is 0.0938. The number of rotatable bonds is 9. The Morgan fingerprint density at radius 2 is 1.60 bits per heavy atom. The third-order valence-corrected chi connectivity index (χ3v) is 7.66. The molecule has 0 bridgehead atoms. The Labute approximate surface area is 269 Å². The van der Waals surface area contributed by atoms with E-state index < -0.39 is 11.9 Å². The van der Waals surface area contributed by atoms with Gasteiger partial charge in [-0.05, 0) is 76.7 Å². The Kier molecular flexibility index (Phi) is 9.31. The molecule has 11 heteroatoms. The summed E-state index contributed by atoms with van der Waals surface area (Å²) in [5.74, 6) is 0.137. The van der Waals surface area contributed by atoms with Crippen molar-refractivity contribution in [3.63, 3.8) is 0 Å². The van der Waals surface area contributed by atoms with Gasteiger partial charge in [-0.2, -0.15) is 5.10 Å². The highest BCUT2D eigenvalue weighted by atomic mass is 127. The topological polar surface area (TPSA) is 111 Å². The molecule has 9 nitrogen and oxygen atoms in total. The van der Waals surface area contributed by atoms with Crippen molar-refractivity contribution in [3.05, 3.63) is 104 Å². The monoisotopic (exact) mass is 753 g/mol. The second-order valence-electron chi connectivity index (χ2n) is 9.12. The third-order valence-electron chi connectivity index (χ3n) is 6.49. The van der Waals surface area contributed by atoms with E-state index in [1.165, 1.54) is 39.7 Å². The minimum atomic E-state index is -0.652. The first-order valence-electron chi connectivity index (χ1n) is 12.8. The first kappa shape index (κ1) is 30.1. The van der Waals surface area contributed by atoms with Crippen molar-refractivity contribution in [2.75, 3.05) is 21.3 Å². The number of nitrogens with zero attached hydrogens (tertiary/aromatic N) is 1. The molecule has 0 saturated carbocycles. The number of benzene rings is 4.